The van der Waals surface area contributed by atoms with Gasteiger partial charge in [-0.15, -0.1) is 0 Å². The second kappa shape index (κ2) is 9.19. The van der Waals surface area contributed by atoms with Crippen LogP contribution in [-0.2, 0) is 11.3 Å². The van der Waals surface area contributed by atoms with E-state index in [1.807, 2.05) is 0 Å². The SMILES string of the molecule is CCCNCC(C)c1ccc(CN2CCCOCC2)cc1. The Morgan fingerprint density at radius 2 is 2.00 bits per heavy atom. The van der Waals surface area contributed by atoms with Crippen LogP contribution >= 0.6 is 0 Å². The molecule has 1 aromatic rings. The van der Waals surface area contributed by atoms with Crippen molar-refractivity contribution >= 4 is 0 Å². The van der Waals surface area contributed by atoms with E-state index in [-0.39, 0.29) is 0 Å². The van der Waals surface area contributed by atoms with E-state index in [1.54, 1.807) is 0 Å². The normalized spacial score (nSPS) is 18.4. The summed E-state index contributed by atoms with van der Waals surface area (Å²) in [6.45, 7) is 11.7. The topological polar surface area (TPSA) is 24.5 Å². The Balaban J connectivity index is 1.83. The molecule has 0 radical (unpaired) electrons. The van der Waals surface area contributed by atoms with E-state index in [1.165, 1.54) is 17.5 Å². The molecule has 1 aliphatic rings. The van der Waals surface area contributed by atoms with E-state index in [0.717, 1.165) is 52.4 Å². The van der Waals surface area contributed by atoms with Crippen LogP contribution in [0.3, 0.4) is 0 Å². The number of hydrogen-bond donors (Lipinski definition) is 1. The van der Waals surface area contributed by atoms with Gasteiger partial charge >= 0.3 is 0 Å². The van der Waals surface area contributed by atoms with Crippen LogP contribution < -0.4 is 5.32 Å². The lowest BCUT2D eigenvalue weighted by atomic mass is 9.99. The molecule has 2 rings (SSSR count). The molecule has 0 spiro atoms. The molecule has 1 aromatic carbocycles. The minimum absolute atomic E-state index is 0.581. The molecule has 0 amide bonds. The highest BCUT2D eigenvalue weighted by Crippen LogP contribution is 2.16. The van der Waals surface area contributed by atoms with Gasteiger partial charge in [0.2, 0.25) is 0 Å². The lowest BCUT2D eigenvalue weighted by molar-refractivity contribution is 0.140. The molecule has 21 heavy (non-hydrogen) atoms. The fraction of sp³-hybridized carbons (Fsp3) is 0.667. The minimum atomic E-state index is 0.581. The predicted octanol–water partition coefficient (Wildman–Crippen LogP) is 3.01. The van der Waals surface area contributed by atoms with Gasteiger partial charge in [0.15, 0.2) is 0 Å². The zero-order chi connectivity index (χ0) is 14.9. The van der Waals surface area contributed by atoms with Crippen LogP contribution in [0.2, 0.25) is 0 Å². The van der Waals surface area contributed by atoms with E-state index < -0.39 is 0 Å². The van der Waals surface area contributed by atoms with Crippen molar-refractivity contribution in [2.45, 2.75) is 39.2 Å². The number of hydrogen-bond acceptors (Lipinski definition) is 3. The van der Waals surface area contributed by atoms with Gasteiger partial charge < -0.3 is 10.1 Å². The van der Waals surface area contributed by atoms with Gasteiger partial charge in [-0.25, -0.2) is 0 Å². The van der Waals surface area contributed by atoms with Crippen molar-refractivity contribution in [3.05, 3.63) is 35.4 Å². The van der Waals surface area contributed by atoms with E-state index in [9.17, 15) is 0 Å². The summed E-state index contributed by atoms with van der Waals surface area (Å²) < 4.78 is 5.51. The van der Waals surface area contributed by atoms with Crippen LogP contribution in [0.25, 0.3) is 0 Å². The first-order chi connectivity index (χ1) is 10.3. The Morgan fingerprint density at radius 1 is 1.19 bits per heavy atom. The zero-order valence-electron chi connectivity index (χ0n) is 13.6. The van der Waals surface area contributed by atoms with Gasteiger partial charge in [0, 0.05) is 32.8 Å². The summed E-state index contributed by atoms with van der Waals surface area (Å²) in [6.07, 6.45) is 2.35. The molecular weight excluding hydrogens is 260 g/mol. The molecular formula is C18H30N2O. The van der Waals surface area contributed by atoms with E-state index in [2.05, 4.69) is 48.3 Å². The Kier molecular flexibility index (Phi) is 7.20. The van der Waals surface area contributed by atoms with Crippen molar-refractivity contribution in [3.8, 4) is 0 Å². The third kappa shape index (κ3) is 5.77. The van der Waals surface area contributed by atoms with Crippen molar-refractivity contribution in [2.75, 3.05) is 39.4 Å². The summed E-state index contributed by atoms with van der Waals surface area (Å²) in [7, 11) is 0. The lowest BCUT2D eigenvalue weighted by Gasteiger charge is -2.19. The highest BCUT2D eigenvalue weighted by molar-refractivity contribution is 5.25. The van der Waals surface area contributed by atoms with E-state index in [4.69, 9.17) is 4.74 Å². The molecule has 3 heteroatoms. The monoisotopic (exact) mass is 290 g/mol. The Morgan fingerprint density at radius 3 is 2.76 bits per heavy atom. The summed E-state index contributed by atoms with van der Waals surface area (Å²) in [5.74, 6) is 0.581. The zero-order valence-corrected chi connectivity index (χ0v) is 13.6. The molecule has 1 saturated heterocycles. The molecule has 3 nitrogen and oxygen atoms in total. The Labute approximate surface area is 129 Å². The molecule has 0 saturated carbocycles. The van der Waals surface area contributed by atoms with Crippen molar-refractivity contribution in [2.24, 2.45) is 0 Å². The third-order valence-corrected chi connectivity index (χ3v) is 4.15. The average molecular weight is 290 g/mol. The number of rotatable bonds is 7. The molecule has 0 aliphatic carbocycles. The van der Waals surface area contributed by atoms with Gasteiger partial charge in [0.1, 0.15) is 0 Å². The van der Waals surface area contributed by atoms with Crippen LogP contribution in [0.1, 0.15) is 43.7 Å². The highest BCUT2D eigenvalue weighted by Gasteiger charge is 2.10. The Bertz CT molecular complexity index is 383. The van der Waals surface area contributed by atoms with Crippen LogP contribution in [-0.4, -0.2) is 44.3 Å². The molecule has 1 fully saturated rings. The van der Waals surface area contributed by atoms with Gasteiger partial charge in [-0.1, -0.05) is 38.1 Å². The summed E-state index contributed by atoms with van der Waals surface area (Å²) in [4.78, 5) is 2.49. The van der Waals surface area contributed by atoms with Crippen LogP contribution in [0, 0.1) is 0 Å². The van der Waals surface area contributed by atoms with Gasteiger partial charge in [-0.2, -0.15) is 0 Å². The highest BCUT2D eigenvalue weighted by atomic mass is 16.5. The molecule has 1 aliphatic heterocycles. The number of benzene rings is 1. The van der Waals surface area contributed by atoms with Crippen molar-refractivity contribution < 1.29 is 4.74 Å². The summed E-state index contributed by atoms with van der Waals surface area (Å²) >= 11 is 0. The third-order valence-electron chi connectivity index (χ3n) is 4.15. The largest absolute Gasteiger partial charge is 0.380 e. The number of nitrogens with one attached hydrogen (secondary N) is 1. The van der Waals surface area contributed by atoms with E-state index in [0.29, 0.717) is 5.92 Å². The smallest absolute Gasteiger partial charge is 0.0593 e. The molecule has 0 bridgehead atoms. The van der Waals surface area contributed by atoms with Crippen molar-refractivity contribution in [1.82, 2.24) is 10.2 Å². The molecule has 1 heterocycles. The molecule has 118 valence electrons. The maximum absolute atomic E-state index is 5.51. The standard InChI is InChI=1S/C18H30N2O/c1-3-9-19-14-16(2)18-7-5-17(6-8-18)15-20-10-4-12-21-13-11-20/h5-8,16,19H,3-4,9-15H2,1-2H3. The van der Waals surface area contributed by atoms with Crippen LogP contribution in [0.15, 0.2) is 24.3 Å². The van der Waals surface area contributed by atoms with E-state index >= 15 is 0 Å². The first kappa shape index (κ1) is 16.5. The predicted molar refractivity (Wildman–Crippen MR) is 88.7 cm³/mol. The first-order valence-corrected chi connectivity index (χ1v) is 8.39. The summed E-state index contributed by atoms with van der Waals surface area (Å²) in [5, 5.41) is 3.50. The molecule has 1 N–H and O–H groups in total. The maximum Gasteiger partial charge on any atom is 0.0593 e. The Hall–Kier alpha value is -0.900. The van der Waals surface area contributed by atoms with Crippen molar-refractivity contribution in [1.29, 1.82) is 0 Å². The van der Waals surface area contributed by atoms with Gasteiger partial charge in [-0.05, 0) is 36.4 Å². The molecule has 1 atom stereocenters. The van der Waals surface area contributed by atoms with Gasteiger partial charge in [-0.3, -0.25) is 4.90 Å². The van der Waals surface area contributed by atoms with Crippen LogP contribution in [0.4, 0.5) is 0 Å². The van der Waals surface area contributed by atoms with Gasteiger partial charge in [0.05, 0.1) is 6.61 Å². The second-order valence-electron chi connectivity index (χ2n) is 6.09. The summed E-state index contributed by atoms with van der Waals surface area (Å²) in [5.41, 5.74) is 2.84. The van der Waals surface area contributed by atoms with Crippen LogP contribution in [0.5, 0.6) is 0 Å². The molecule has 1 unspecified atom stereocenters. The fourth-order valence-electron chi connectivity index (χ4n) is 2.78. The number of nitrogens with zero attached hydrogens (tertiary/aromatic N) is 1. The lowest BCUT2D eigenvalue weighted by Crippen LogP contribution is -2.25. The van der Waals surface area contributed by atoms with Gasteiger partial charge in [0.25, 0.3) is 0 Å². The fourth-order valence-corrected chi connectivity index (χ4v) is 2.78. The average Bonchev–Trinajstić information content (AvgIpc) is 2.77. The summed E-state index contributed by atoms with van der Waals surface area (Å²) in [6, 6.07) is 9.17. The maximum atomic E-state index is 5.51. The first-order valence-electron chi connectivity index (χ1n) is 8.39. The molecule has 0 aromatic heterocycles. The number of ether oxygens (including phenoxy) is 1. The second-order valence-corrected chi connectivity index (χ2v) is 6.09. The quantitative estimate of drug-likeness (QED) is 0.781. The van der Waals surface area contributed by atoms with Crippen molar-refractivity contribution in [3.63, 3.8) is 0 Å². The minimum Gasteiger partial charge on any atom is -0.380 e.